The number of Topliss-reactive ketones (excluding diaryl/α,β-unsaturated/α-hetero) is 1. The molecule has 2 atom stereocenters. The van der Waals surface area contributed by atoms with E-state index >= 15 is 0 Å². The fourth-order valence-electron chi connectivity index (χ4n) is 3.35. The molecule has 0 spiro atoms. The highest BCUT2D eigenvalue weighted by Gasteiger charge is 2.28. The number of benzene rings is 1. The van der Waals surface area contributed by atoms with Crippen LogP contribution in [-0.2, 0) is 4.79 Å². The van der Waals surface area contributed by atoms with Crippen LogP contribution in [-0.4, -0.2) is 18.4 Å². The van der Waals surface area contributed by atoms with Gasteiger partial charge in [0.05, 0.1) is 5.92 Å². The van der Waals surface area contributed by atoms with E-state index in [2.05, 4.69) is 19.2 Å². The highest BCUT2D eigenvalue weighted by atomic mass is 35.5. The minimum atomic E-state index is -0.0766. The summed E-state index contributed by atoms with van der Waals surface area (Å²) < 4.78 is 0. The van der Waals surface area contributed by atoms with Crippen LogP contribution in [0.5, 0.6) is 0 Å². The number of halogens is 1. The van der Waals surface area contributed by atoms with Gasteiger partial charge in [-0.15, -0.1) is 0 Å². The Labute approximate surface area is 147 Å². The largest absolute Gasteiger partial charge is 0.313 e. The van der Waals surface area contributed by atoms with Crippen LogP contribution < -0.4 is 5.32 Å². The zero-order chi connectivity index (χ0) is 17.5. The van der Waals surface area contributed by atoms with E-state index in [-0.39, 0.29) is 11.7 Å². The molecule has 1 aliphatic carbocycles. The van der Waals surface area contributed by atoms with Crippen LogP contribution in [0.1, 0.15) is 71.8 Å². The molecule has 2 unspecified atom stereocenters. The van der Waals surface area contributed by atoms with Gasteiger partial charge >= 0.3 is 0 Å². The van der Waals surface area contributed by atoms with Gasteiger partial charge in [-0.2, -0.15) is 0 Å². The third-order valence-electron chi connectivity index (χ3n) is 4.58. The summed E-state index contributed by atoms with van der Waals surface area (Å²) in [7, 11) is 0. The highest BCUT2D eigenvalue weighted by molar-refractivity contribution is 6.30. The van der Waals surface area contributed by atoms with Crippen molar-refractivity contribution in [3.63, 3.8) is 0 Å². The van der Waals surface area contributed by atoms with Gasteiger partial charge in [-0.05, 0) is 49.3 Å². The van der Waals surface area contributed by atoms with E-state index in [0.29, 0.717) is 16.5 Å². The number of nitrogens with one attached hydrogen (secondary N) is 1. The standard InChI is InChI=1S/C18H26ClNO.C2H6/c1-13(21)17(14-6-8-15(19)9-7-14)12-20-16-5-4-10-18(2,3)11-16;1-2/h6-9,16-17,20H,4-5,10-12H2,1-3H3;1-2H3. The van der Waals surface area contributed by atoms with Crippen LogP contribution in [0.3, 0.4) is 0 Å². The van der Waals surface area contributed by atoms with Gasteiger partial charge in [0, 0.05) is 17.6 Å². The van der Waals surface area contributed by atoms with Gasteiger partial charge < -0.3 is 5.32 Å². The molecule has 1 saturated carbocycles. The van der Waals surface area contributed by atoms with E-state index in [9.17, 15) is 4.79 Å². The summed E-state index contributed by atoms with van der Waals surface area (Å²) in [5, 5.41) is 4.33. The zero-order valence-electron chi connectivity index (χ0n) is 15.3. The van der Waals surface area contributed by atoms with Gasteiger partial charge in [-0.3, -0.25) is 4.79 Å². The molecule has 0 aliphatic heterocycles. The summed E-state index contributed by atoms with van der Waals surface area (Å²) in [6.45, 7) is 11.1. The first kappa shape index (κ1) is 20.2. The molecular formula is C20H32ClNO. The third kappa shape index (κ3) is 6.64. The molecule has 1 aliphatic rings. The molecule has 2 rings (SSSR count). The molecule has 0 saturated heterocycles. The second-order valence-corrected chi connectivity index (χ2v) is 7.52. The first-order chi connectivity index (χ1) is 10.9. The summed E-state index contributed by atoms with van der Waals surface area (Å²) in [5.41, 5.74) is 1.47. The Bertz CT molecular complexity index is 481. The molecule has 2 nitrogen and oxygen atoms in total. The van der Waals surface area contributed by atoms with Gasteiger partial charge in [0.25, 0.3) is 0 Å². The summed E-state index contributed by atoms with van der Waals surface area (Å²) >= 11 is 5.93. The maximum absolute atomic E-state index is 12.0. The topological polar surface area (TPSA) is 29.1 Å². The molecule has 3 heteroatoms. The van der Waals surface area contributed by atoms with E-state index < -0.39 is 0 Å². The number of hydrogen-bond acceptors (Lipinski definition) is 2. The predicted molar refractivity (Wildman–Crippen MR) is 100 cm³/mol. The van der Waals surface area contributed by atoms with Crippen molar-refractivity contribution in [2.24, 2.45) is 5.41 Å². The van der Waals surface area contributed by atoms with Crippen LogP contribution in [0.4, 0.5) is 0 Å². The van der Waals surface area contributed by atoms with Crippen molar-refractivity contribution in [2.45, 2.75) is 72.3 Å². The fraction of sp³-hybridized carbons (Fsp3) is 0.650. The number of hydrogen-bond donors (Lipinski definition) is 1. The normalized spacial score (nSPS) is 21.0. The van der Waals surface area contributed by atoms with Gasteiger partial charge in [0.2, 0.25) is 0 Å². The smallest absolute Gasteiger partial charge is 0.138 e. The minimum Gasteiger partial charge on any atom is -0.313 e. The number of rotatable bonds is 5. The molecule has 1 N–H and O–H groups in total. The van der Waals surface area contributed by atoms with Crippen molar-refractivity contribution in [1.82, 2.24) is 5.32 Å². The van der Waals surface area contributed by atoms with Crippen LogP contribution in [0.15, 0.2) is 24.3 Å². The lowest BCUT2D eigenvalue weighted by atomic mass is 9.75. The quantitative estimate of drug-likeness (QED) is 0.758. The Hall–Kier alpha value is -0.860. The summed E-state index contributed by atoms with van der Waals surface area (Å²) in [6, 6.07) is 8.16. The third-order valence-corrected chi connectivity index (χ3v) is 4.83. The lowest BCUT2D eigenvalue weighted by Crippen LogP contribution is -2.40. The van der Waals surface area contributed by atoms with E-state index in [1.807, 2.05) is 38.1 Å². The van der Waals surface area contributed by atoms with Crippen molar-refractivity contribution >= 4 is 17.4 Å². The predicted octanol–water partition coefficient (Wildman–Crippen LogP) is 5.60. The maximum atomic E-state index is 12.0. The Kier molecular flexibility index (Phi) is 8.28. The summed E-state index contributed by atoms with van der Waals surface area (Å²) in [5.74, 6) is 0.132. The van der Waals surface area contributed by atoms with Crippen molar-refractivity contribution in [3.05, 3.63) is 34.9 Å². The Morgan fingerprint density at radius 3 is 2.43 bits per heavy atom. The molecular weight excluding hydrogens is 306 g/mol. The molecule has 1 fully saturated rings. The number of ketones is 1. The lowest BCUT2D eigenvalue weighted by Gasteiger charge is -2.36. The first-order valence-electron chi connectivity index (χ1n) is 8.87. The summed E-state index contributed by atoms with van der Waals surface area (Å²) in [4.78, 5) is 12.0. The molecule has 0 heterocycles. The van der Waals surface area contributed by atoms with Crippen molar-refractivity contribution in [3.8, 4) is 0 Å². The molecule has 23 heavy (non-hydrogen) atoms. The summed E-state index contributed by atoms with van der Waals surface area (Å²) in [6.07, 6.45) is 4.99. The Balaban J connectivity index is 0.00000127. The first-order valence-corrected chi connectivity index (χ1v) is 9.24. The van der Waals surface area contributed by atoms with Crippen molar-refractivity contribution < 1.29 is 4.79 Å². The van der Waals surface area contributed by atoms with Gasteiger partial charge in [-0.25, -0.2) is 0 Å². The van der Waals surface area contributed by atoms with Gasteiger partial charge in [-0.1, -0.05) is 57.8 Å². The van der Waals surface area contributed by atoms with E-state index in [1.165, 1.54) is 25.7 Å². The Morgan fingerprint density at radius 2 is 1.91 bits per heavy atom. The van der Waals surface area contributed by atoms with E-state index in [4.69, 9.17) is 11.6 Å². The van der Waals surface area contributed by atoms with Gasteiger partial charge in [0.1, 0.15) is 5.78 Å². The van der Waals surface area contributed by atoms with Crippen molar-refractivity contribution in [2.75, 3.05) is 6.54 Å². The Morgan fingerprint density at radius 1 is 1.30 bits per heavy atom. The molecule has 1 aromatic carbocycles. The van der Waals surface area contributed by atoms with Crippen LogP contribution in [0, 0.1) is 5.41 Å². The number of carbonyl (C=O) groups excluding carboxylic acids is 1. The van der Waals surface area contributed by atoms with Gasteiger partial charge in [0.15, 0.2) is 0 Å². The SMILES string of the molecule is CC.CC(=O)C(CNC1CCCC(C)(C)C1)c1ccc(Cl)cc1. The number of carbonyl (C=O) groups is 1. The van der Waals surface area contributed by atoms with E-state index in [1.54, 1.807) is 6.92 Å². The van der Waals surface area contributed by atoms with E-state index in [0.717, 1.165) is 12.1 Å². The molecule has 0 radical (unpaired) electrons. The van der Waals surface area contributed by atoms with Crippen LogP contribution >= 0.6 is 11.6 Å². The molecule has 0 aromatic heterocycles. The van der Waals surface area contributed by atoms with Crippen molar-refractivity contribution in [1.29, 1.82) is 0 Å². The molecule has 130 valence electrons. The lowest BCUT2D eigenvalue weighted by molar-refractivity contribution is -0.118. The molecule has 0 bridgehead atoms. The fourth-order valence-corrected chi connectivity index (χ4v) is 3.47. The average molecular weight is 338 g/mol. The maximum Gasteiger partial charge on any atom is 0.138 e. The molecule has 1 aromatic rings. The zero-order valence-corrected chi connectivity index (χ0v) is 16.0. The van der Waals surface area contributed by atoms with Crippen LogP contribution in [0.2, 0.25) is 5.02 Å². The van der Waals surface area contributed by atoms with Crippen LogP contribution in [0.25, 0.3) is 0 Å². The second-order valence-electron chi connectivity index (χ2n) is 7.08. The molecule has 0 amide bonds. The minimum absolute atomic E-state index is 0.0766. The highest BCUT2D eigenvalue weighted by Crippen LogP contribution is 2.35. The second kappa shape index (κ2) is 9.44. The monoisotopic (exact) mass is 337 g/mol. The average Bonchev–Trinajstić information content (AvgIpc) is 2.50.